The fourth-order valence-electron chi connectivity index (χ4n) is 4.22. The molecule has 11 heteroatoms. The van der Waals surface area contributed by atoms with E-state index in [9.17, 15) is 19.5 Å². The number of hydrogen-bond donors (Lipinski definition) is 2. The van der Waals surface area contributed by atoms with E-state index in [0.717, 1.165) is 41.3 Å². The van der Waals surface area contributed by atoms with Gasteiger partial charge in [-0.15, -0.1) is 22.7 Å². The number of likely N-dealkylation sites (N-methyl/N-ethyl adjacent to an activating group) is 1. The number of carbonyl (C=O) groups excluding carboxylic acids is 2. The van der Waals surface area contributed by atoms with Crippen molar-refractivity contribution in [1.82, 2.24) is 15.1 Å². The molecule has 2 aromatic rings. The maximum atomic E-state index is 13.3. The molecule has 2 aliphatic heterocycles. The zero-order valence-corrected chi connectivity index (χ0v) is 20.1. The van der Waals surface area contributed by atoms with Crippen molar-refractivity contribution in [2.75, 3.05) is 33.8 Å². The fraction of sp³-hybridized carbons (Fsp3) is 0.476. The minimum absolute atomic E-state index is 0.131. The first kappa shape index (κ1) is 23.2. The van der Waals surface area contributed by atoms with E-state index >= 15 is 0 Å². The van der Waals surface area contributed by atoms with E-state index in [0.29, 0.717) is 14.1 Å². The highest BCUT2D eigenvalue weighted by molar-refractivity contribution is 7.18. The fourth-order valence-corrected chi connectivity index (χ4v) is 6.32. The number of amides is 2. The van der Waals surface area contributed by atoms with Crippen molar-refractivity contribution in [3.05, 3.63) is 42.7 Å². The van der Waals surface area contributed by atoms with Crippen LogP contribution < -0.4 is 5.32 Å². The molecule has 8 nitrogen and oxygen atoms in total. The van der Waals surface area contributed by atoms with Crippen LogP contribution in [0.2, 0.25) is 4.34 Å². The van der Waals surface area contributed by atoms with Crippen LogP contribution in [-0.4, -0.2) is 78.6 Å². The molecule has 3 atom stereocenters. The number of carboxylic acids is 1. The first-order valence-electron chi connectivity index (χ1n) is 10.2. The van der Waals surface area contributed by atoms with Gasteiger partial charge >= 0.3 is 5.97 Å². The molecule has 0 saturated carbocycles. The summed E-state index contributed by atoms with van der Waals surface area (Å²) in [6.45, 7) is 1.74. The second kappa shape index (κ2) is 9.48. The Balaban J connectivity index is 1.52. The summed E-state index contributed by atoms with van der Waals surface area (Å²) in [4.78, 5) is 43.3. The molecule has 0 unspecified atom stereocenters. The second-order valence-corrected chi connectivity index (χ2v) is 10.9. The topological polar surface area (TPSA) is 99.2 Å². The summed E-state index contributed by atoms with van der Waals surface area (Å²) in [5, 5.41) is 12.6. The van der Waals surface area contributed by atoms with Gasteiger partial charge in [-0.05, 0) is 37.2 Å². The zero-order chi connectivity index (χ0) is 23.0. The number of nitrogens with one attached hydrogen (secondary N) is 1. The first-order chi connectivity index (χ1) is 15.3. The van der Waals surface area contributed by atoms with Crippen molar-refractivity contribution in [1.29, 1.82) is 0 Å². The number of nitrogens with zero attached hydrogens (tertiary/aromatic N) is 2. The number of ether oxygens (including phenoxy) is 1. The number of likely N-dealkylation sites (tertiary alicyclic amines) is 1. The Kier molecular flexibility index (Phi) is 6.87. The minimum atomic E-state index is -1.08. The van der Waals surface area contributed by atoms with Crippen LogP contribution >= 0.6 is 34.3 Å². The monoisotopic (exact) mass is 497 g/mol. The van der Waals surface area contributed by atoms with Gasteiger partial charge in [-0.3, -0.25) is 9.59 Å². The number of aliphatic carboxylic acids is 1. The molecule has 2 N–H and O–H groups in total. The van der Waals surface area contributed by atoms with Gasteiger partial charge in [0.2, 0.25) is 0 Å². The summed E-state index contributed by atoms with van der Waals surface area (Å²) in [6.07, 6.45) is 0.838. The molecule has 0 aliphatic carbocycles. The molecular formula is C21H24ClN3O5S2. The van der Waals surface area contributed by atoms with E-state index in [1.807, 2.05) is 13.1 Å². The van der Waals surface area contributed by atoms with Crippen molar-refractivity contribution in [3.8, 4) is 0 Å². The molecule has 0 aromatic carbocycles. The smallest absolute Gasteiger partial charge is 0.326 e. The highest BCUT2D eigenvalue weighted by Gasteiger charge is 2.41. The molecule has 0 bridgehead atoms. The first-order valence-corrected chi connectivity index (χ1v) is 12.2. The zero-order valence-electron chi connectivity index (χ0n) is 17.7. The third-order valence-electron chi connectivity index (χ3n) is 5.86. The van der Waals surface area contributed by atoms with E-state index in [2.05, 4.69) is 10.2 Å². The average molecular weight is 498 g/mol. The molecule has 2 aromatic heterocycles. The average Bonchev–Trinajstić information content (AvgIpc) is 3.46. The van der Waals surface area contributed by atoms with Crippen molar-refractivity contribution in [2.45, 2.75) is 31.0 Å². The summed E-state index contributed by atoms with van der Waals surface area (Å²) in [7, 11) is 3.69. The summed E-state index contributed by atoms with van der Waals surface area (Å²) < 4.78 is 6.14. The lowest BCUT2D eigenvalue weighted by Gasteiger charge is -2.21. The minimum Gasteiger partial charge on any atom is -0.480 e. The van der Waals surface area contributed by atoms with Crippen LogP contribution in [-0.2, 0) is 16.0 Å². The van der Waals surface area contributed by atoms with Crippen molar-refractivity contribution in [2.24, 2.45) is 0 Å². The number of rotatable bonds is 5. The summed E-state index contributed by atoms with van der Waals surface area (Å²) in [5.74, 6) is -1.72. The van der Waals surface area contributed by atoms with Gasteiger partial charge in [-0.2, -0.15) is 0 Å². The van der Waals surface area contributed by atoms with Gasteiger partial charge in [-0.1, -0.05) is 11.6 Å². The van der Waals surface area contributed by atoms with E-state index in [-0.39, 0.29) is 30.9 Å². The Bertz CT molecular complexity index is 1040. The Hall–Kier alpha value is -1.98. The molecule has 0 spiro atoms. The molecule has 32 heavy (non-hydrogen) atoms. The van der Waals surface area contributed by atoms with Gasteiger partial charge in [0.25, 0.3) is 11.8 Å². The maximum absolute atomic E-state index is 13.3. The molecule has 4 heterocycles. The van der Waals surface area contributed by atoms with E-state index < -0.39 is 18.1 Å². The Morgan fingerprint density at radius 3 is 2.66 bits per heavy atom. The van der Waals surface area contributed by atoms with Crippen LogP contribution in [0.15, 0.2) is 18.2 Å². The number of methoxy groups -OCH3 is 1. The lowest BCUT2D eigenvalue weighted by molar-refractivity contribution is -0.141. The molecule has 4 rings (SSSR count). The second-order valence-electron chi connectivity index (χ2n) is 8.05. The van der Waals surface area contributed by atoms with E-state index in [1.54, 1.807) is 19.2 Å². The van der Waals surface area contributed by atoms with Crippen LogP contribution in [0.3, 0.4) is 0 Å². The number of carbonyl (C=O) groups is 3. The predicted molar refractivity (Wildman–Crippen MR) is 123 cm³/mol. The molecule has 1 fully saturated rings. The van der Waals surface area contributed by atoms with Gasteiger partial charge in [0, 0.05) is 44.1 Å². The standard InChI is InChI=1S/C21H24ClN3O5S2/c1-24-6-5-15-12(14(10-24)30-2)8-17(31-15)20(27)25-9-11(7-13(25)21(28)29)23-19(26)16-3-4-18(22)32-16/h3-4,8,11,13-14H,5-7,9-10H2,1-2H3,(H,23,26)(H,28,29)/t11-,13+,14-/m1/s1. The van der Waals surface area contributed by atoms with E-state index in [4.69, 9.17) is 16.3 Å². The highest BCUT2D eigenvalue weighted by Crippen LogP contribution is 2.34. The molecule has 2 amide bonds. The van der Waals surface area contributed by atoms with Gasteiger partial charge in [0.15, 0.2) is 0 Å². The van der Waals surface area contributed by atoms with Crippen molar-refractivity contribution < 1.29 is 24.2 Å². The van der Waals surface area contributed by atoms with Crippen LogP contribution in [0.25, 0.3) is 0 Å². The lowest BCUT2D eigenvalue weighted by atomic mass is 10.1. The molecular weight excluding hydrogens is 474 g/mol. The quantitative estimate of drug-likeness (QED) is 0.659. The number of hydrogen-bond acceptors (Lipinski definition) is 7. The van der Waals surface area contributed by atoms with Crippen LogP contribution in [0.5, 0.6) is 0 Å². The largest absolute Gasteiger partial charge is 0.480 e. The van der Waals surface area contributed by atoms with Crippen LogP contribution in [0.1, 0.15) is 42.3 Å². The summed E-state index contributed by atoms with van der Waals surface area (Å²) >= 11 is 8.45. The Morgan fingerprint density at radius 2 is 2.00 bits per heavy atom. The lowest BCUT2D eigenvalue weighted by Crippen LogP contribution is -2.41. The Labute approximate surface area is 198 Å². The number of thiophene rings is 2. The van der Waals surface area contributed by atoms with Crippen molar-refractivity contribution in [3.63, 3.8) is 0 Å². The Morgan fingerprint density at radius 1 is 1.22 bits per heavy atom. The molecule has 0 radical (unpaired) electrons. The summed E-state index contributed by atoms with van der Waals surface area (Å²) in [6, 6.07) is 3.65. The number of halogens is 1. The normalized spacial score (nSPS) is 23.6. The maximum Gasteiger partial charge on any atom is 0.326 e. The molecule has 1 saturated heterocycles. The molecule has 172 valence electrons. The number of carboxylic acid groups (broad SMARTS) is 1. The van der Waals surface area contributed by atoms with Gasteiger partial charge in [-0.25, -0.2) is 4.79 Å². The third-order valence-corrected chi connectivity index (χ3v) is 8.29. The highest BCUT2D eigenvalue weighted by atomic mass is 35.5. The third kappa shape index (κ3) is 4.69. The van der Waals surface area contributed by atoms with Crippen LogP contribution in [0.4, 0.5) is 0 Å². The number of fused-ring (bicyclic) bond motifs is 1. The SMILES string of the molecule is CO[C@@H]1CN(C)CCc2sc(C(=O)N3C[C@H](NC(=O)c4ccc(Cl)s4)C[C@H]3C(=O)O)cc21. The predicted octanol–water partition coefficient (Wildman–Crippen LogP) is 2.74. The van der Waals surface area contributed by atoms with Crippen molar-refractivity contribution >= 4 is 52.1 Å². The summed E-state index contributed by atoms with van der Waals surface area (Å²) in [5.41, 5.74) is 0.996. The van der Waals surface area contributed by atoms with Gasteiger partial charge in [0.05, 0.1) is 20.2 Å². The molecule has 2 aliphatic rings. The van der Waals surface area contributed by atoms with E-state index in [1.165, 1.54) is 16.2 Å². The van der Waals surface area contributed by atoms with Gasteiger partial charge < -0.3 is 25.0 Å². The van der Waals surface area contributed by atoms with Gasteiger partial charge in [0.1, 0.15) is 6.04 Å². The van der Waals surface area contributed by atoms with Crippen LogP contribution in [0, 0.1) is 0 Å².